The largest absolute Gasteiger partial charge is 0.455 e. The summed E-state index contributed by atoms with van der Waals surface area (Å²) in [5.41, 5.74) is -0.553. The van der Waals surface area contributed by atoms with Crippen molar-refractivity contribution in [3.63, 3.8) is 0 Å². The number of alkyl halides is 1. The van der Waals surface area contributed by atoms with Crippen LogP contribution in [0.5, 0.6) is 0 Å². The number of benzene rings is 1. The molecule has 1 unspecified atom stereocenters. The zero-order chi connectivity index (χ0) is 32.9. The lowest BCUT2D eigenvalue weighted by Crippen LogP contribution is -2.57. The van der Waals surface area contributed by atoms with E-state index in [-0.39, 0.29) is 36.2 Å². The maximum Gasteiger partial charge on any atom is 0.313 e. The number of aliphatic hydroxyl groups excluding tert-OH is 1. The number of β-amino-alcohol motifs (C(OH)–C–C–N with tert-alkyl or cyclic N) is 1. The Morgan fingerprint density at radius 1 is 1.24 bits per heavy atom. The van der Waals surface area contributed by atoms with E-state index >= 15 is 0 Å². The minimum atomic E-state index is -1.26. The van der Waals surface area contributed by atoms with Crippen molar-refractivity contribution in [3.8, 4) is 0 Å². The second-order valence-corrected chi connectivity index (χ2v) is 13.4. The van der Waals surface area contributed by atoms with Crippen LogP contribution >= 0.6 is 15.9 Å². The summed E-state index contributed by atoms with van der Waals surface area (Å²) >= 11 is 3.69. The average molecular weight is 689 g/mol. The minimum absolute atomic E-state index is 0.0623. The first-order valence-corrected chi connectivity index (χ1v) is 16.7. The lowest BCUT2D eigenvalue weighted by molar-refractivity contribution is -0.164. The number of aliphatic hydroxyl groups is 1. The van der Waals surface area contributed by atoms with Gasteiger partial charge in [-0.2, -0.15) is 0 Å². The molecule has 1 N–H and O–H groups in total. The Labute approximate surface area is 274 Å². The fraction of sp³-hybridized carbons (Fsp3) is 0.588. The third kappa shape index (κ3) is 6.62. The zero-order valence-electron chi connectivity index (χ0n) is 26.5. The van der Waals surface area contributed by atoms with E-state index in [1.807, 2.05) is 44.2 Å². The molecule has 3 heterocycles. The smallest absolute Gasteiger partial charge is 0.313 e. The number of carbonyl (C=O) groups is 4. The first-order valence-electron chi connectivity index (χ1n) is 15.8. The van der Waals surface area contributed by atoms with Crippen LogP contribution in [0.25, 0.3) is 0 Å². The lowest BCUT2D eigenvalue weighted by atomic mass is 9.70. The summed E-state index contributed by atoms with van der Waals surface area (Å²) in [6.45, 7) is 11.8. The second-order valence-electron chi connectivity index (χ2n) is 12.2. The van der Waals surface area contributed by atoms with Crippen molar-refractivity contribution in [1.29, 1.82) is 0 Å². The second kappa shape index (κ2) is 15.0. The molecular formula is C34H46BrN3O7. The highest BCUT2D eigenvalue weighted by Crippen LogP contribution is 2.60. The van der Waals surface area contributed by atoms with Gasteiger partial charge in [-0.3, -0.25) is 19.2 Å². The number of allylic oxidation sites excluding steroid dienone is 1. The molecule has 1 aromatic carbocycles. The van der Waals surface area contributed by atoms with Crippen LogP contribution in [-0.4, -0.2) is 105 Å². The van der Waals surface area contributed by atoms with Gasteiger partial charge in [0, 0.05) is 37.9 Å². The number of ether oxygens (including phenoxy) is 2. The van der Waals surface area contributed by atoms with Crippen LogP contribution in [0.1, 0.15) is 57.6 Å². The standard InChI is InChI=1S/C34H46BrN3O7/c1-6-9-16-25(40)36(5)22(4)28(23-14-12-11-13-15-23)44-33(43)26-27-31(41)38(19-20-39)30(34(27)21-24(35)29(26)45-34)32(42)37(17-8-3)18-10-7-2/h6,8,11-15,22,24,26-30,39H,1,3,7,9-10,16-21H2,2,4-5H3/t22-,24?,26-,27+,28+,29-,30-,34+/m0/s1. The molecule has 0 aliphatic carbocycles. The number of fused-ring (bicyclic) bond motifs is 1. The number of amides is 3. The van der Waals surface area contributed by atoms with Gasteiger partial charge in [0.05, 0.1) is 30.6 Å². The van der Waals surface area contributed by atoms with E-state index in [2.05, 4.69) is 29.1 Å². The van der Waals surface area contributed by atoms with Crippen LogP contribution in [0.15, 0.2) is 55.6 Å². The van der Waals surface area contributed by atoms with Gasteiger partial charge in [0.25, 0.3) is 0 Å². The third-order valence-electron chi connectivity index (χ3n) is 9.45. The van der Waals surface area contributed by atoms with E-state index in [9.17, 15) is 24.3 Å². The topological polar surface area (TPSA) is 117 Å². The Morgan fingerprint density at radius 3 is 2.58 bits per heavy atom. The maximum absolute atomic E-state index is 14.3. The van der Waals surface area contributed by atoms with Crippen LogP contribution < -0.4 is 0 Å². The Morgan fingerprint density at radius 2 is 1.96 bits per heavy atom. The third-order valence-corrected chi connectivity index (χ3v) is 10.3. The fourth-order valence-corrected chi connectivity index (χ4v) is 8.06. The van der Waals surface area contributed by atoms with Gasteiger partial charge in [0.1, 0.15) is 17.7 Å². The molecule has 0 aromatic heterocycles. The number of likely N-dealkylation sites (tertiary alicyclic amines) is 1. The molecular weight excluding hydrogens is 642 g/mol. The molecule has 3 fully saturated rings. The van der Waals surface area contributed by atoms with Crippen molar-refractivity contribution in [2.45, 2.75) is 80.7 Å². The molecule has 45 heavy (non-hydrogen) atoms. The summed E-state index contributed by atoms with van der Waals surface area (Å²) in [5.74, 6) is -3.36. The van der Waals surface area contributed by atoms with Crippen LogP contribution in [0.4, 0.5) is 0 Å². The molecule has 1 aromatic rings. The number of likely N-dealkylation sites (N-methyl/N-ethyl adjacent to an activating group) is 1. The summed E-state index contributed by atoms with van der Waals surface area (Å²) in [7, 11) is 1.68. The summed E-state index contributed by atoms with van der Waals surface area (Å²) < 4.78 is 12.8. The first kappa shape index (κ1) is 34.8. The Hall–Kier alpha value is -3.02. The highest BCUT2D eigenvalue weighted by Gasteiger charge is 2.77. The van der Waals surface area contributed by atoms with Crippen molar-refractivity contribution in [2.75, 3.05) is 33.3 Å². The fourth-order valence-electron chi connectivity index (χ4n) is 7.12. The van der Waals surface area contributed by atoms with Crippen molar-refractivity contribution in [3.05, 3.63) is 61.2 Å². The number of halogens is 1. The molecule has 1 spiro atoms. The summed E-state index contributed by atoms with van der Waals surface area (Å²) in [6.07, 6.45) is 4.64. The Bertz CT molecular complexity index is 1260. The van der Waals surface area contributed by atoms with Gasteiger partial charge in [-0.15, -0.1) is 13.2 Å². The molecule has 3 saturated heterocycles. The van der Waals surface area contributed by atoms with Crippen molar-refractivity contribution in [2.24, 2.45) is 11.8 Å². The van der Waals surface area contributed by atoms with Gasteiger partial charge in [-0.05, 0) is 31.7 Å². The first-order chi connectivity index (χ1) is 21.6. The highest BCUT2D eigenvalue weighted by atomic mass is 79.9. The summed E-state index contributed by atoms with van der Waals surface area (Å²) in [5, 5.41) is 9.93. The predicted molar refractivity (Wildman–Crippen MR) is 173 cm³/mol. The molecule has 10 nitrogen and oxygen atoms in total. The van der Waals surface area contributed by atoms with Crippen molar-refractivity contribution < 1.29 is 33.8 Å². The number of hydrogen-bond donors (Lipinski definition) is 1. The van der Waals surface area contributed by atoms with Crippen LogP contribution in [0, 0.1) is 11.8 Å². The van der Waals surface area contributed by atoms with Crippen LogP contribution in [0.2, 0.25) is 0 Å². The van der Waals surface area contributed by atoms with E-state index in [1.54, 1.807) is 29.0 Å². The number of unbranched alkanes of at least 4 members (excludes halogenated alkanes) is 1. The Balaban J connectivity index is 1.68. The Kier molecular flexibility index (Phi) is 11.7. The SMILES string of the molecule is C=CCCC(=O)N(C)[C@@H](C)[C@@H](OC(=O)[C@@H]1[C@H]2O[C@@]3(CC2Br)[C@H](C(=O)N(CC=C)CCCC)N(CCO)C(=O)[C@@H]13)c1ccccc1. The normalized spacial score (nSPS) is 27.9. The molecule has 4 rings (SSSR count). The maximum atomic E-state index is 14.3. The van der Waals surface area contributed by atoms with E-state index in [0.29, 0.717) is 31.5 Å². The molecule has 3 aliphatic rings. The van der Waals surface area contributed by atoms with E-state index in [0.717, 1.165) is 12.8 Å². The number of nitrogens with zero attached hydrogens (tertiary/aromatic N) is 3. The number of carbonyl (C=O) groups excluding carboxylic acids is 4. The monoisotopic (exact) mass is 687 g/mol. The van der Waals surface area contributed by atoms with Gasteiger partial charge in [0.15, 0.2) is 0 Å². The molecule has 0 saturated carbocycles. The number of hydrogen-bond acceptors (Lipinski definition) is 7. The minimum Gasteiger partial charge on any atom is -0.455 e. The van der Waals surface area contributed by atoms with E-state index in [4.69, 9.17) is 9.47 Å². The lowest BCUT2D eigenvalue weighted by Gasteiger charge is -2.37. The van der Waals surface area contributed by atoms with E-state index in [1.165, 1.54) is 4.90 Å². The van der Waals surface area contributed by atoms with Gasteiger partial charge in [0.2, 0.25) is 17.7 Å². The quantitative estimate of drug-likeness (QED) is 0.160. The molecule has 0 radical (unpaired) electrons. The molecule has 8 atom stereocenters. The highest BCUT2D eigenvalue weighted by molar-refractivity contribution is 9.09. The average Bonchev–Trinajstić information content (AvgIpc) is 3.63. The van der Waals surface area contributed by atoms with Gasteiger partial charge in [-0.1, -0.05) is 71.8 Å². The molecule has 11 heteroatoms. The summed E-state index contributed by atoms with van der Waals surface area (Å²) in [4.78, 5) is 59.9. The van der Waals surface area contributed by atoms with Crippen LogP contribution in [0.3, 0.4) is 0 Å². The molecule has 3 amide bonds. The van der Waals surface area contributed by atoms with Gasteiger partial charge in [-0.25, -0.2) is 0 Å². The van der Waals surface area contributed by atoms with Crippen LogP contribution in [-0.2, 0) is 28.7 Å². The van der Waals surface area contributed by atoms with Gasteiger partial charge < -0.3 is 29.3 Å². The molecule has 246 valence electrons. The van der Waals surface area contributed by atoms with Crippen molar-refractivity contribution >= 4 is 39.6 Å². The van der Waals surface area contributed by atoms with Crippen molar-refractivity contribution in [1.82, 2.24) is 14.7 Å². The number of rotatable bonds is 16. The number of esters is 1. The zero-order valence-corrected chi connectivity index (χ0v) is 28.1. The predicted octanol–water partition coefficient (Wildman–Crippen LogP) is 3.64. The molecule has 3 aliphatic heterocycles. The molecule has 2 bridgehead atoms. The van der Waals surface area contributed by atoms with E-state index < -0.39 is 53.6 Å². The van der Waals surface area contributed by atoms with Gasteiger partial charge >= 0.3 is 5.97 Å². The summed E-state index contributed by atoms with van der Waals surface area (Å²) in [6, 6.07) is 7.69.